The zero-order chi connectivity index (χ0) is 13.1. The fraction of sp³-hybridized carbons (Fsp3) is 0.500. The Hall–Kier alpha value is -1.39. The van der Waals surface area contributed by atoms with Crippen LogP contribution in [0.3, 0.4) is 0 Å². The molecule has 1 aliphatic rings. The molecule has 0 saturated carbocycles. The molecule has 1 aromatic rings. The largest absolute Gasteiger partial charge is 0.390 e. The summed E-state index contributed by atoms with van der Waals surface area (Å²) in [5.74, 6) is -0.0481. The van der Waals surface area contributed by atoms with Gasteiger partial charge >= 0.3 is 0 Å². The van der Waals surface area contributed by atoms with Crippen molar-refractivity contribution in [2.24, 2.45) is 5.73 Å². The molecular formula is C14H20N2O2. The van der Waals surface area contributed by atoms with Crippen molar-refractivity contribution in [3.63, 3.8) is 0 Å². The van der Waals surface area contributed by atoms with Crippen molar-refractivity contribution >= 4 is 5.91 Å². The van der Waals surface area contributed by atoms with E-state index < -0.39 is 6.10 Å². The third-order valence-corrected chi connectivity index (χ3v) is 3.35. The van der Waals surface area contributed by atoms with Gasteiger partial charge in [0.1, 0.15) is 0 Å². The lowest BCUT2D eigenvalue weighted by Crippen LogP contribution is -2.34. The van der Waals surface area contributed by atoms with E-state index in [1.54, 1.807) is 0 Å². The predicted octanol–water partition coefficient (Wildman–Crippen LogP) is 0.888. The van der Waals surface area contributed by atoms with E-state index in [1.165, 1.54) is 0 Å². The van der Waals surface area contributed by atoms with Crippen LogP contribution in [0.5, 0.6) is 0 Å². The summed E-state index contributed by atoms with van der Waals surface area (Å²) in [5.41, 5.74) is 7.76. The maximum absolute atomic E-state index is 11.8. The molecule has 3 atom stereocenters. The van der Waals surface area contributed by atoms with E-state index in [2.05, 4.69) is 5.32 Å². The summed E-state index contributed by atoms with van der Waals surface area (Å²) < 4.78 is 0. The second kappa shape index (κ2) is 5.50. The summed E-state index contributed by atoms with van der Waals surface area (Å²) in [6.45, 7) is 1.88. The lowest BCUT2D eigenvalue weighted by Gasteiger charge is -2.18. The highest BCUT2D eigenvalue weighted by Crippen LogP contribution is 2.31. The number of aliphatic hydroxyl groups excluding tert-OH is 1. The van der Waals surface area contributed by atoms with Crippen LogP contribution in [-0.2, 0) is 11.2 Å². The molecule has 1 aromatic carbocycles. The molecule has 98 valence electrons. The topological polar surface area (TPSA) is 75.4 Å². The average molecular weight is 248 g/mol. The normalized spacial score (nSPS) is 23.5. The van der Waals surface area contributed by atoms with E-state index >= 15 is 0 Å². The summed E-state index contributed by atoms with van der Waals surface area (Å²) in [6, 6.07) is 7.58. The smallest absolute Gasteiger partial charge is 0.220 e. The van der Waals surface area contributed by atoms with Gasteiger partial charge in [-0.05, 0) is 24.5 Å². The molecule has 4 nitrogen and oxygen atoms in total. The minimum atomic E-state index is -0.526. The van der Waals surface area contributed by atoms with Crippen molar-refractivity contribution in [2.75, 3.05) is 0 Å². The second-order valence-corrected chi connectivity index (χ2v) is 5.03. The quantitative estimate of drug-likeness (QED) is 0.740. The number of aliphatic hydroxyl groups is 1. The summed E-state index contributed by atoms with van der Waals surface area (Å²) in [4.78, 5) is 11.8. The number of amides is 1. The molecule has 0 bridgehead atoms. The van der Waals surface area contributed by atoms with Crippen molar-refractivity contribution in [1.82, 2.24) is 5.32 Å². The molecule has 0 aromatic heterocycles. The number of rotatable bonds is 4. The lowest BCUT2D eigenvalue weighted by molar-refractivity contribution is -0.122. The van der Waals surface area contributed by atoms with Gasteiger partial charge in [-0.25, -0.2) is 0 Å². The van der Waals surface area contributed by atoms with E-state index in [9.17, 15) is 9.90 Å². The van der Waals surface area contributed by atoms with Crippen LogP contribution in [0, 0.1) is 0 Å². The van der Waals surface area contributed by atoms with Crippen LogP contribution in [0.2, 0.25) is 0 Å². The van der Waals surface area contributed by atoms with Gasteiger partial charge in [-0.2, -0.15) is 0 Å². The Kier molecular flexibility index (Phi) is 3.99. The molecule has 0 radical (unpaired) electrons. The highest BCUT2D eigenvalue weighted by Gasteiger charge is 2.31. The molecule has 4 N–H and O–H groups in total. The summed E-state index contributed by atoms with van der Waals surface area (Å²) in [5, 5.41) is 12.9. The van der Waals surface area contributed by atoms with Gasteiger partial charge in [-0.1, -0.05) is 24.3 Å². The fourth-order valence-corrected chi connectivity index (χ4v) is 2.35. The number of carbonyl (C=O) groups is 1. The molecule has 1 amide bonds. The third-order valence-electron chi connectivity index (χ3n) is 3.35. The van der Waals surface area contributed by atoms with Crippen LogP contribution < -0.4 is 11.1 Å². The second-order valence-electron chi connectivity index (χ2n) is 5.03. The number of carbonyl (C=O) groups excluding carboxylic acids is 1. The van der Waals surface area contributed by atoms with E-state index in [0.717, 1.165) is 11.1 Å². The summed E-state index contributed by atoms with van der Waals surface area (Å²) in [7, 11) is 0. The molecule has 0 heterocycles. The first-order valence-corrected chi connectivity index (χ1v) is 6.38. The monoisotopic (exact) mass is 248 g/mol. The van der Waals surface area contributed by atoms with E-state index in [1.807, 2.05) is 31.2 Å². The Morgan fingerprint density at radius 3 is 3.00 bits per heavy atom. The number of fused-ring (bicyclic) bond motifs is 1. The molecule has 4 heteroatoms. The number of nitrogens with one attached hydrogen (secondary N) is 1. The molecule has 0 saturated heterocycles. The molecule has 18 heavy (non-hydrogen) atoms. The van der Waals surface area contributed by atoms with Gasteiger partial charge in [-0.15, -0.1) is 0 Å². The van der Waals surface area contributed by atoms with Gasteiger partial charge in [0.25, 0.3) is 0 Å². The van der Waals surface area contributed by atoms with Gasteiger partial charge in [0.05, 0.1) is 12.1 Å². The van der Waals surface area contributed by atoms with E-state index in [4.69, 9.17) is 5.73 Å². The minimum absolute atomic E-state index is 0.0246. The van der Waals surface area contributed by atoms with Crippen LogP contribution in [0.25, 0.3) is 0 Å². The van der Waals surface area contributed by atoms with Crippen LogP contribution in [-0.4, -0.2) is 23.2 Å². The van der Waals surface area contributed by atoms with Crippen LogP contribution in [0.15, 0.2) is 24.3 Å². The number of benzene rings is 1. The summed E-state index contributed by atoms with van der Waals surface area (Å²) in [6.07, 6.45) is 1.15. The highest BCUT2D eigenvalue weighted by molar-refractivity contribution is 5.76. The van der Waals surface area contributed by atoms with Crippen molar-refractivity contribution in [3.05, 3.63) is 35.4 Å². The first-order chi connectivity index (χ1) is 8.58. The predicted molar refractivity (Wildman–Crippen MR) is 69.9 cm³/mol. The van der Waals surface area contributed by atoms with E-state index in [-0.39, 0.29) is 18.0 Å². The molecule has 0 fully saturated rings. The van der Waals surface area contributed by atoms with Gasteiger partial charge < -0.3 is 16.2 Å². The molecule has 0 spiro atoms. The molecular weight excluding hydrogens is 228 g/mol. The van der Waals surface area contributed by atoms with Crippen molar-refractivity contribution in [1.29, 1.82) is 0 Å². The zero-order valence-electron chi connectivity index (χ0n) is 10.6. The van der Waals surface area contributed by atoms with Crippen molar-refractivity contribution in [2.45, 2.75) is 44.4 Å². The van der Waals surface area contributed by atoms with Crippen LogP contribution in [0.1, 0.15) is 36.9 Å². The SMILES string of the molecule is CC(N)CCC(=O)N[C@H]1c2ccccc2C[C@H]1O. The molecule has 0 aliphatic heterocycles. The maximum atomic E-state index is 11.8. The van der Waals surface area contributed by atoms with Crippen molar-refractivity contribution in [3.8, 4) is 0 Å². The Bertz CT molecular complexity index is 432. The maximum Gasteiger partial charge on any atom is 0.220 e. The number of nitrogens with two attached hydrogens (primary N) is 1. The minimum Gasteiger partial charge on any atom is -0.390 e. The highest BCUT2D eigenvalue weighted by atomic mass is 16.3. The van der Waals surface area contributed by atoms with Gasteiger partial charge in [0, 0.05) is 18.9 Å². The Morgan fingerprint density at radius 1 is 1.56 bits per heavy atom. The standard InChI is InChI=1S/C14H20N2O2/c1-9(15)6-7-13(18)16-14-11-5-3-2-4-10(11)8-12(14)17/h2-5,9,12,14,17H,6-8,15H2,1H3,(H,16,18)/t9?,12-,14+/m1/s1. The lowest BCUT2D eigenvalue weighted by atomic mass is 10.1. The molecule has 1 unspecified atom stereocenters. The first-order valence-electron chi connectivity index (χ1n) is 6.38. The van der Waals surface area contributed by atoms with Gasteiger partial charge in [0.15, 0.2) is 0 Å². The number of hydrogen-bond donors (Lipinski definition) is 3. The Morgan fingerprint density at radius 2 is 2.28 bits per heavy atom. The Labute approximate surface area is 107 Å². The van der Waals surface area contributed by atoms with Crippen LogP contribution in [0.4, 0.5) is 0 Å². The fourth-order valence-electron chi connectivity index (χ4n) is 2.35. The molecule has 1 aliphatic carbocycles. The third kappa shape index (κ3) is 2.89. The van der Waals surface area contributed by atoms with Gasteiger partial charge in [-0.3, -0.25) is 4.79 Å². The van der Waals surface area contributed by atoms with Crippen LogP contribution >= 0.6 is 0 Å². The average Bonchev–Trinajstić information content (AvgIpc) is 2.64. The first kappa shape index (κ1) is 13.1. The van der Waals surface area contributed by atoms with Gasteiger partial charge in [0.2, 0.25) is 5.91 Å². The van der Waals surface area contributed by atoms with E-state index in [0.29, 0.717) is 19.3 Å². The zero-order valence-corrected chi connectivity index (χ0v) is 10.6. The number of hydrogen-bond acceptors (Lipinski definition) is 3. The molecule has 2 rings (SSSR count). The van der Waals surface area contributed by atoms with Crippen molar-refractivity contribution < 1.29 is 9.90 Å². The summed E-state index contributed by atoms with van der Waals surface area (Å²) >= 11 is 0. The Balaban J connectivity index is 1.99.